The lowest BCUT2D eigenvalue weighted by Crippen LogP contribution is -2.15. The average molecular weight is 437 g/mol. The van der Waals surface area contributed by atoms with E-state index in [-0.39, 0.29) is 39.8 Å². The standard InChI is InChI=1S/C20H23ClF2N6O/c1-12(2)26-19-17(18(21)27-20(28-19)29-8-4-7-25-29)16-14(22)10-13(11-15(16)23)30-9-5-6-24-3/h4,7-8,10-12,24H,5-6,9H2,1-3H3,(H,26,27,28). The van der Waals surface area contributed by atoms with Crippen LogP contribution in [0.5, 0.6) is 5.75 Å². The molecule has 2 N–H and O–H groups in total. The van der Waals surface area contributed by atoms with Crippen LogP contribution in [0.4, 0.5) is 14.6 Å². The largest absolute Gasteiger partial charge is 0.493 e. The van der Waals surface area contributed by atoms with Crippen LogP contribution in [-0.2, 0) is 0 Å². The van der Waals surface area contributed by atoms with Gasteiger partial charge in [0.25, 0.3) is 5.95 Å². The number of ether oxygens (including phenoxy) is 1. The Morgan fingerprint density at radius 3 is 2.50 bits per heavy atom. The van der Waals surface area contributed by atoms with Crippen LogP contribution >= 0.6 is 11.6 Å². The molecule has 0 atom stereocenters. The van der Waals surface area contributed by atoms with Crippen LogP contribution in [-0.4, -0.2) is 46.0 Å². The first-order valence-corrected chi connectivity index (χ1v) is 9.89. The van der Waals surface area contributed by atoms with Crippen molar-refractivity contribution in [1.82, 2.24) is 25.1 Å². The zero-order valence-electron chi connectivity index (χ0n) is 16.9. The molecular weight excluding hydrogens is 414 g/mol. The molecule has 0 saturated heterocycles. The van der Waals surface area contributed by atoms with E-state index in [4.69, 9.17) is 16.3 Å². The first-order valence-electron chi connectivity index (χ1n) is 9.51. The predicted octanol–water partition coefficient (Wildman–Crippen LogP) is 4.07. The van der Waals surface area contributed by atoms with Gasteiger partial charge in [0.15, 0.2) is 0 Å². The van der Waals surface area contributed by atoms with Gasteiger partial charge in [-0.15, -0.1) is 0 Å². The molecule has 0 spiro atoms. The second-order valence-corrected chi connectivity index (χ2v) is 7.21. The maximum Gasteiger partial charge on any atom is 0.253 e. The van der Waals surface area contributed by atoms with Gasteiger partial charge in [-0.3, -0.25) is 0 Å². The Kier molecular flexibility index (Phi) is 7.17. The number of hydrogen-bond donors (Lipinski definition) is 2. The molecule has 0 fully saturated rings. The molecule has 0 saturated carbocycles. The highest BCUT2D eigenvalue weighted by Crippen LogP contribution is 2.38. The van der Waals surface area contributed by atoms with Crippen molar-refractivity contribution in [3.05, 3.63) is 47.4 Å². The molecule has 7 nitrogen and oxygen atoms in total. The number of nitrogens with one attached hydrogen (secondary N) is 2. The summed E-state index contributed by atoms with van der Waals surface area (Å²) in [7, 11) is 1.82. The lowest BCUT2D eigenvalue weighted by molar-refractivity contribution is 0.306. The van der Waals surface area contributed by atoms with Crippen molar-refractivity contribution in [3.63, 3.8) is 0 Å². The average Bonchev–Trinajstić information content (AvgIpc) is 3.21. The van der Waals surface area contributed by atoms with E-state index in [1.807, 2.05) is 20.9 Å². The summed E-state index contributed by atoms with van der Waals surface area (Å²) in [5.41, 5.74) is -0.282. The zero-order valence-corrected chi connectivity index (χ0v) is 17.7. The van der Waals surface area contributed by atoms with Crippen molar-refractivity contribution in [1.29, 1.82) is 0 Å². The number of nitrogens with zero attached hydrogens (tertiary/aromatic N) is 4. The molecular formula is C20H23ClF2N6O. The number of halogens is 3. The Hall–Kier alpha value is -2.78. The van der Waals surface area contributed by atoms with Gasteiger partial charge in [-0.2, -0.15) is 15.1 Å². The van der Waals surface area contributed by atoms with E-state index >= 15 is 0 Å². The summed E-state index contributed by atoms with van der Waals surface area (Å²) in [4.78, 5) is 8.57. The zero-order chi connectivity index (χ0) is 21.7. The summed E-state index contributed by atoms with van der Waals surface area (Å²) in [5, 5.41) is 10.0. The van der Waals surface area contributed by atoms with Crippen LogP contribution in [0.25, 0.3) is 17.1 Å². The third kappa shape index (κ3) is 5.03. The molecule has 2 aromatic heterocycles. The van der Waals surface area contributed by atoms with Crippen molar-refractivity contribution in [3.8, 4) is 22.8 Å². The van der Waals surface area contributed by atoms with Crippen molar-refractivity contribution < 1.29 is 13.5 Å². The quantitative estimate of drug-likeness (QED) is 0.389. The Morgan fingerprint density at radius 2 is 1.90 bits per heavy atom. The van der Waals surface area contributed by atoms with E-state index in [1.165, 1.54) is 4.68 Å². The van der Waals surface area contributed by atoms with Gasteiger partial charge in [0.05, 0.1) is 17.7 Å². The highest BCUT2D eigenvalue weighted by Gasteiger charge is 2.24. The van der Waals surface area contributed by atoms with E-state index < -0.39 is 11.6 Å². The third-order valence-electron chi connectivity index (χ3n) is 4.09. The third-order valence-corrected chi connectivity index (χ3v) is 4.37. The van der Waals surface area contributed by atoms with Gasteiger partial charge in [0.1, 0.15) is 28.4 Å². The minimum Gasteiger partial charge on any atom is -0.493 e. The molecule has 0 radical (unpaired) electrons. The van der Waals surface area contributed by atoms with E-state index in [0.717, 1.165) is 18.7 Å². The number of aromatic nitrogens is 4. The SMILES string of the molecule is CNCCCOc1cc(F)c(-c2c(Cl)nc(-n3cccn3)nc2NC(C)C)c(F)c1. The van der Waals surface area contributed by atoms with Crippen LogP contribution in [0.15, 0.2) is 30.6 Å². The molecule has 0 unspecified atom stereocenters. The van der Waals surface area contributed by atoms with Gasteiger partial charge >= 0.3 is 0 Å². The van der Waals surface area contributed by atoms with Crippen molar-refractivity contribution >= 4 is 17.4 Å². The van der Waals surface area contributed by atoms with Gasteiger partial charge < -0.3 is 15.4 Å². The lowest BCUT2D eigenvalue weighted by Gasteiger charge is -2.17. The fourth-order valence-corrected chi connectivity index (χ4v) is 3.08. The molecule has 1 aromatic carbocycles. The number of anilines is 1. The molecule has 160 valence electrons. The monoisotopic (exact) mass is 436 g/mol. The molecule has 0 bridgehead atoms. The highest BCUT2D eigenvalue weighted by molar-refractivity contribution is 6.32. The first kappa shape index (κ1) is 21.9. The Balaban J connectivity index is 2.03. The van der Waals surface area contributed by atoms with Crippen molar-refractivity contribution in [2.45, 2.75) is 26.3 Å². The van der Waals surface area contributed by atoms with Gasteiger partial charge in [0.2, 0.25) is 0 Å². The second-order valence-electron chi connectivity index (χ2n) is 6.86. The minimum absolute atomic E-state index is 0.0398. The molecule has 30 heavy (non-hydrogen) atoms. The Bertz CT molecular complexity index is 974. The summed E-state index contributed by atoms with van der Waals surface area (Å²) in [6, 6.07) is 3.90. The van der Waals surface area contributed by atoms with Gasteiger partial charge in [-0.25, -0.2) is 13.5 Å². The Labute approximate surface area is 178 Å². The smallest absolute Gasteiger partial charge is 0.253 e. The number of rotatable bonds is 9. The molecule has 3 rings (SSSR count). The van der Waals surface area contributed by atoms with Crippen LogP contribution in [0, 0.1) is 11.6 Å². The van der Waals surface area contributed by atoms with E-state index in [0.29, 0.717) is 13.0 Å². The molecule has 0 amide bonds. The van der Waals surface area contributed by atoms with E-state index in [1.54, 1.807) is 18.5 Å². The first-order chi connectivity index (χ1) is 14.4. The second kappa shape index (κ2) is 9.82. The van der Waals surface area contributed by atoms with E-state index in [2.05, 4.69) is 25.7 Å². The lowest BCUT2D eigenvalue weighted by atomic mass is 10.1. The molecule has 3 aromatic rings. The summed E-state index contributed by atoms with van der Waals surface area (Å²) in [5.74, 6) is -1.14. The van der Waals surface area contributed by atoms with Gasteiger partial charge in [-0.05, 0) is 39.9 Å². The molecule has 2 heterocycles. The summed E-state index contributed by atoms with van der Waals surface area (Å²) >= 11 is 6.37. The van der Waals surface area contributed by atoms with Gasteiger partial charge in [0, 0.05) is 30.6 Å². The molecule has 0 aliphatic carbocycles. The maximum absolute atomic E-state index is 15.0. The minimum atomic E-state index is -0.817. The molecule has 10 heteroatoms. The Morgan fingerprint density at radius 1 is 1.17 bits per heavy atom. The fourth-order valence-electron chi connectivity index (χ4n) is 2.82. The van der Waals surface area contributed by atoms with Crippen LogP contribution < -0.4 is 15.4 Å². The van der Waals surface area contributed by atoms with Gasteiger partial charge in [-0.1, -0.05) is 11.6 Å². The normalized spacial score (nSPS) is 11.2. The molecule has 0 aliphatic rings. The van der Waals surface area contributed by atoms with Crippen LogP contribution in [0.2, 0.25) is 5.15 Å². The summed E-state index contributed by atoms with van der Waals surface area (Å²) < 4.78 is 36.8. The van der Waals surface area contributed by atoms with E-state index in [9.17, 15) is 8.78 Å². The summed E-state index contributed by atoms with van der Waals surface area (Å²) in [6.07, 6.45) is 3.92. The maximum atomic E-state index is 15.0. The number of hydrogen-bond acceptors (Lipinski definition) is 6. The topological polar surface area (TPSA) is 76.9 Å². The number of benzene rings is 1. The van der Waals surface area contributed by atoms with Crippen molar-refractivity contribution in [2.24, 2.45) is 0 Å². The predicted molar refractivity (Wildman–Crippen MR) is 112 cm³/mol. The van der Waals surface area contributed by atoms with Crippen LogP contribution in [0.3, 0.4) is 0 Å². The molecule has 0 aliphatic heterocycles. The fraction of sp³-hybridized carbons (Fsp3) is 0.350. The highest BCUT2D eigenvalue weighted by atomic mass is 35.5. The summed E-state index contributed by atoms with van der Waals surface area (Å²) in [6.45, 7) is 4.83. The van der Waals surface area contributed by atoms with Crippen molar-refractivity contribution in [2.75, 3.05) is 25.5 Å². The van der Waals surface area contributed by atoms with Crippen LogP contribution in [0.1, 0.15) is 20.3 Å².